The molecule has 11 nitrogen and oxygen atoms in total. The second-order valence-corrected chi connectivity index (χ2v) is 11.3. The van der Waals surface area contributed by atoms with E-state index in [-0.39, 0.29) is 39.7 Å². The lowest BCUT2D eigenvalue weighted by atomic mass is 9.88. The van der Waals surface area contributed by atoms with Crippen LogP contribution >= 0.6 is 23.5 Å². The Morgan fingerprint density at radius 3 is 2.71 bits per heavy atom. The molecule has 0 unspecified atom stereocenters. The summed E-state index contributed by atoms with van der Waals surface area (Å²) in [6.45, 7) is 3.81. The summed E-state index contributed by atoms with van der Waals surface area (Å²) >= 11 is 7.23. The lowest BCUT2D eigenvalue weighted by molar-refractivity contribution is 0.0668. The van der Waals surface area contributed by atoms with Crippen molar-refractivity contribution < 1.29 is 14.0 Å². The molecule has 0 saturated carbocycles. The highest BCUT2D eigenvalue weighted by molar-refractivity contribution is 7.97. The molecule has 214 valence electrons. The standard InChI is InChI=1S/C27H29ClFN9O2S/c1-15-5-6-17(19(29)11-15)13-33-41-18-4-2-3-16(12-18)25(40)38-9-7-27(8-10-38)14-32-26(37-27)36-24(39)20-22(30)35-23(31)21(28)34-20/h2-6,11-12,33H,7-10,13-14H2,1H3,(H4,30,31,35)(H2,32,36,37,39). The number of aryl methyl sites for hydroxylation is 1. The quantitative estimate of drug-likeness (QED) is 0.267. The Labute approximate surface area is 245 Å². The van der Waals surface area contributed by atoms with Crippen LogP contribution in [-0.4, -0.2) is 57.8 Å². The van der Waals surface area contributed by atoms with Gasteiger partial charge in [-0.2, -0.15) is 4.99 Å². The van der Waals surface area contributed by atoms with Crippen LogP contribution in [0.3, 0.4) is 0 Å². The van der Waals surface area contributed by atoms with Crippen LogP contribution in [0.4, 0.5) is 16.0 Å². The summed E-state index contributed by atoms with van der Waals surface area (Å²) in [5.74, 6) is -0.926. The summed E-state index contributed by atoms with van der Waals surface area (Å²) in [6, 6.07) is 12.5. The number of rotatable bonds is 6. The van der Waals surface area contributed by atoms with E-state index < -0.39 is 5.91 Å². The number of amides is 2. The molecule has 0 aliphatic carbocycles. The van der Waals surface area contributed by atoms with E-state index in [1.165, 1.54) is 18.0 Å². The number of hydrogen-bond acceptors (Lipinski definition) is 8. The number of nitrogens with one attached hydrogen (secondary N) is 3. The highest BCUT2D eigenvalue weighted by atomic mass is 35.5. The van der Waals surface area contributed by atoms with E-state index in [9.17, 15) is 14.0 Å². The molecule has 3 heterocycles. The van der Waals surface area contributed by atoms with Crippen LogP contribution in [0.1, 0.15) is 44.8 Å². The van der Waals surface area contributed by atoms with Gasteiger partial charge in [0.05, 0.1) is 5.54 Å². The van der Waals surface area contributed by atoms with Crippen molar-refractivity contribution in [3.63, 3.8) is 0 Å². The molecule has 7 N–H and O–H groups in total. The number of piperidine rings is 1. The Kier molecular flexibility index (Phi) is 8.29. The summed E-state index contributed by atoms with van der Waals surface area (Å²) in [4.78, 5) is 40.3. The molecular formula is C27H29ClFN9O2S. The number of anilines is 2. The predicted octanol–water partition coefficient (Wildman–Crippen LogP) is 2.90. The van der Waals surface area contributed by atoms with Crippen LogP contribution < -0.4 is 26.8 Å². The van der Waals surface area contributed by atoms with E-state index in [4.69, 9.17) is 23.1 Å². The molecule has 1 aromatic heterocycles. The minimum Gasteiger partial charge on any atom is -0.382 e. The third-order valence-corrected chi connectivity index (χ3v) is 8.10. The summed E-state index contributed by atoms with van der Waals surface area (Å²) in [5, 5.41) is 6.29. The molecule has 2 aliphatic rings. The number of carbonyl (C=O) groups excluding carboxylic acids is 2. The zero-order chi connectivity index (χ0) is 29.1. The fraction of sp³-hybridized carbons (Fsp3) is 0.296. The smallest absolute Gasteiger partial charge is 0.302 e. The molecule has 2 fully saturated rings. The van der Waals surface area contributed by atoms with Gasteiger partial charge < -0.3 is 27.0 Å². The summed E-state index contributed by atoms with van der Waals surface area (Å²) in [6.07, 6.45) is 1.32. The maximum Gasteiger partial charge on any atom is 0.302 e. The first-order valence-corrected chi connectivity index (χ1v) is 14.1. The summed E-state index contributed by atoms with van der Waals surface area (Å²) in [5.41, 5.74) is 12.8. The molecule has 2 aliphatic heterocycles. The van der Waals surface area contributed by atoms with E-state index in [2.05, 4.69) is 30.3 Å². The zero-order valence-electron chi connectivity index (χ0n) is 22.2. The topological polar surface area (TPSA) is 164 Å². The molecule has 2 amide bonds. The molecule has 1 spiro atoms. The highest BCUT2D eigenvalue weighted by Crippen LogP contribution is 2.27. The molecule has 14 heteroatoms. The van der Waals surface area contributed by atoms with Gasteiger partial charge in [-0.3, -0.25) is 14.3 Å². The van der Waals surface area contributed by atoms with E-state index in [1.54, 1.807) is 12.1 Å². The van der Waals surface area contributed by atoms with Crippen LogP contribution in [0.2, 0.25) is 5.15 Å². The minimum atomic E-state index is -0.701. The number of aliphatic imine (C=N–C) groups is 1. The van der Waals surface area contributed by atoms with Gasteiger partial charge in [-0.1, -0.05) is 29.8 Å². The molecule has 41 heavy (non-hydrogen) atoms. The van der Waals surface area contributed by atoms with Gasteiger partial charge in [0.2, 0.25) is 0 Å². The van der Waals surface area contributed by atoms with Crippen molar-refractivity contribution in [1.29, 1.82) is 0 Å². The number of benzene rings is 2. The largest absolute Gasteiger partial charge is 0.382 e. The molecule has 0 radical (unpaired) electrons. The number of nitrogens with zero attached hydrogens (tertiary/aromatic N) is 4. The van der Waals surface area contributed by atoms with Crippen molar-refractivity contribution in [2.45, 2.75) is 36.7 Å². The van der Waals surface area contributed by atoms with E-state index in [0.29, 0.717) is 56.1 Å². The van der Waals surface area contributed by atoms with Crippen molar-refractivity contribution in [2.75, 3.05) is 31.1 Å². The molecular weight excluding hydrogens is 569 g/mol. The molecule has 5 rings (SSSR count). The SMILES string of the molecule is Cc1ccc(CNSc2cccc(C(=O)N3CCC4(CC3)CN/C(=N\C(=O)c3nc(Cl)c(N)nc3N)N4)c2)c(F)c1. The lowest BCUT2D eigenvalue weighted by Gasteiger charge is -2.38. The first-order valence-electron chi connectivity index (χ1n) is 12.9. The van der Waals surface area contributed by atoms with E-state index in [1.807, 2.05) is 36.1 Å². The summed E-state index contributed by atoms with van der Waals surface area (Å²) < 4.78 is 17.3. The lowest BCUT2D eigenvalue weighted by Crippen LogP contribution is -2.53. The van der Waals surface area contributed by atoms with Crippen molar-refractivity contribution in [3.05, 3.63) is 75.8 Å². The monoisotopic (exact) mass is 597 g/mol. The van der Waals surface area contributed by atoms with Gasteiger partial charge in [-0.05, 0) is 61.5 Å². The Bertz CT molecular complexity index is 1530. The number of likely N-dealkylation sites (tertiary alicyclic amines) is 1. The average molecular weight is 598 g/mol. The Morgan fingerprint density at radius 2 is 1.95 bits per heavy atom. The first kappa shape index (κ1) is 28.6. The van der Waals surface area contributed by atoms with E-state index >= 15 is 0 Å². The summed E-state index contributed by atoms with van der Waals surface area (Å²) in [7, 11) is 0. The number of nitrogens with two attached hydrogens (primary N) is 2. The van der Waals surface area contributed by atoms with Crippen LogP contribution in [0, 0.1) is 12.7 Å². The second kappa shape index (κ2) is 11.9. The Hall–Kier alpha value is -3.94. The first-order chi connectivity index (χ1) is 19.6. The number of guanidine groups is 1. The van der Waals surface area contributed by atoms with Crippen LogP contribution in [0.25, 0.3) is 0 Å². The second-order valence-electron chi connectivity index (χ2n) is 10.00. The van der Waals surface area contributed by atoms with Crippen molar-refractivity contribution in [2.24, 2.45) is 4.99 Å². The van der Waals surface area contributed by atoms with Gasteiger partial charge in [0.15, 0.2) is 28.4 Å². The zero-order valence-corrected chi connectivity index (χ0v) is 23.8. The van der Waals surface area contributed by atoms with Crippen LogP contribution in [0.15, 0.2) is 52.4 Å². The highest BCUT2D eigenvalue weighted by Gasteiger charge is 2.41. The molecule has 0 atom stereocenters. The van der Waals surface area contributed by atoms with Crippen molar-refractivity contribution in [1.82, 2.24) is 30.2 Å². The van der Waals surface area contributed by atoms with Crippen molar-refractivity contribution >= 4 is 53.0 Å². The minimum absolute atomic E-state index is 0.0591. The normalized spacial score (nSPS) is 17.0. The van der Waals surface area contributed by atoms with Gasteiger partial charge in [-0.25, -0.2) is 14.4 Å². The van der Waals surface area contributed by atoms with Crippen LogP contribution in [-0.2, 0) is 6.54 Å². The maximum atomic E-state index is 14.1. The number of nitrogen functional groups attached to an aromatic ring is 2. The number of aromatic nitrogens is 2. The van der Waals surface area contributed by atoms with Crippen molar-refractivity contribution in [3.8, 4) is 0 Å². The molecule has 2 saturated heterocycles. The Morgan fingerprint density at radius 1 is 1.17 bits per heavy atom. The fourth-order valence-electron chi connectivity index (χ4n) is 4.72. The van der Waals surface area contributed by atoms with Gasteiger partial charge in [0.25, 0.3) is 5.91 Å². The van der Waals surface area contributed by atoms with E-state index in [0.717, 1.165) is 10.5 Å². The van der Waals surface area contributed by atoms with Gasteiger partial charge in [0, 0.05) is 42.2 Å². The Balaban J connectivity index is 1.15. The number of hydrogen-bond donors (Lipinski definition) is 5. The van der Waals surface area contributed by atoms with Gasteiger partial charge in [-0.15, -0.1) is 0 Å². The average Bonchev–Trinajstić information content (AvgIpc) is 3.33. The fourth-order valence-corrected chi connectivity index (χ4v) is 5.57. The third-order valence-electron chi connectivity index (χ3n) is 7.05. The van der Waals surface area contributed by atoms with Crippen LogP contribution in [0.5, 0.6) is 0 Å². The van der Waals surface area contributed by atoms with Gasteiger partial charge in [0.1, 0.15) is 5.82 Å². The molecule has 0 bridgehead atoms. The molecule has 3 aromatic rings. The third kappa shape index (κ3) is 6.53. The predicted molar refractivity (Wildman–Crippen MR) is 157 cm³/mol. The number of carbonyl (C=O) groups is 2. The number of halogens is 2. The van der Waals surface area contributed by atoms with Gasteiger partial charge >= 0.3 is 5.91 Å². The maximum absolute atomic E-state index is 14.1. The molecule has 2 aromatic carbocycles.